The van der Waals surface area contributed by atoms with Crippen LogP contribution < -0.4 is 16.0 Å². The molecular weight excluding hydrogens is 270 g/mol. The Kier molecular flexibility index (Phi) is 5.16. The highest BCUT2D eigenvalue weighted by Crippen LogP contribution is 2.20. The maximum atomic E-state index is 11.8. The second-order valence-electron chi connectivity index (χ2n) is 5.18. The average Bonchev–Trinajstić information content (AvgIpc) is 2.93. The van der Waals surface area contributed by atoms with Gasteiger partial charge >= 0.3 is 6.03 Å². The molecule has 6 heteroatoms. The number of anilines is 2. The third-order valence-electron chi connectivity index (χ3n) is 3.32. The van der Waals surface area contributed by atoms with Gasteiger partial charge in [-0.3, -0.25) is 4.79 Å². The van der Waals surface area contributed by atoms with E-state index < -0.39 is 0 Å². The molecule has 1 aromatic carbocycles. The minimum Gasteiger partial charge on any atom is -0.376 e. The zero-order valence-electron chi connectivity index (χ0n) is 12.4. The first-order chi connectivity index (χ1) is 10.0. The molecule has 1 fully saturated rings. The average molecular weight is 291 g/mol. The van der Waals surface area contributed by atoms with Gasteiger partial charge in [-0.15, -0.1) is 0 Å². The first-order valence-electron chi connectivity index (χ1n) is 7.09. The summed E-state index contributed by atoms with van der Waals surface area (Å²) in [4.78, 5) is 22.9. The summed E-state index contributed by atoms with van der Waals surface area (Å²) in [5.41, 5.74) is 2.27. The molecule has 0 saturated carbocycles. The summed E-state index contributed by atoms with van der Waals surface area (Å²) in [5.74, 6) is -0.141. The molecule has 0 bridgehead atoms. The van der Waals surface area contributed by atoms with Crippen LogP contribution in [-0.4, -0.2) is 31.2 Å². The van der Waals surface area contributed by atoms with Crippen molar-refractivity contribution in [1.82, 2.24) is 5.32 Å². The fourth-order valence-electron chi connectivity index (χ4n) is 2.21. The van der Waals surface area contributed by atoms with Crippen LogP contribution in [0.5, 0.6) is 0 Å². The lowest BCUT2D eigenvalue weighted by Gasteiger charge is -2.13. The molecule has 0 spiro atoms. The Morgan fingerprint density at radius 3 is 2.81 bits per heavy atom. The molecule has 0 aromatic heterocycles. The monoisotopic (exact) mass is 291 g/mol. The number of urea groups is 1. The lowest BCUT2D eigenvalue weighted by molar-refractivity contribution is -0.114. The number of hydrogen-bond donors (Lipinski definition) is 3. The number of rotatable bonds is 4. The van der Waals surface area contributed by atoms with E-state index in [0.717, 1.165) is 25.0 Å². The summed E-state index contributed by atoms with van der Waals surface area (Å²) in [5, 5.41) is 8.27. The van der Waals surface area contributed by atoms with Gasteiger partial charge in [0.2, 0.25) is 5.91 Å². The van der Waals surface area contributed by atoms with E-state index in [4.69, 9.17) is 4.74 Å². The zero-order valence-corrected chi connectivity index (χ0v) is 12.4. The molecule has 1 saturated heterocycles. The van der Waals surface area contributed by atoms with Gasteiger partial charge in [0.1, 0.15) is 0 Å². The first kappa shape index (κ1) is 15.3. The van der Waals surface area contributed by atoms with E-state index in [2.05, 4.69) is 16.0 Å². The molecule has 0 aliphatic carbocycles. The lowest BCUT2D eigenvalue weighted by atomic mass is 10.2. The Balaban J connectivity index is 1.89. The molecule has 3 N–H and O–H groups in total. The van der Waals surface area contributed by atoms with Crippen molar-refractivity contribution in [3.05, 3.63) is 23.8 Å². The summed E-state index contributed by atoms with van der Waals surface area (Å²) >= 11 is 0. The molecular formula is C15H21N3O3. The minimum atomic E-state index is -0.275. The van der Waals surface area contributed by atoms with Crippen molar-refractivity contribution >= 4 is 23.3 Å². The summed E-state index contributed by atoms with van der Waals surface area (Å²) in [6.45, 7) is 4.63. The van der Waals surface area contributed by atoms with Crippen LogP contribution in [-0.2, 0) is 9.53 Å². The number of carbonyl (C=O) groups excluding carboxylic acids is 2. The van der Waals surface area contributed by atoms with Crippen LogP contribution in [0.4, 0.5) is 16.2 Å². The highest BCUT2D eigenvalue weighted by atomic mass is 16.5. The van der Waals surface area contributed by atoms with Crippen LogP contribution in [0.1, 0.15) is 25.3 Å². The number of benzene rings is 1. The van der Waals surface area contributed by atoms with E-state index in [1.807, 2.05) is 13.0 Å². The van der Waals surface area contributed by atoms with Gasteiger partial charge in [0.05, 0.1) is 6.10 Å². The summed E-state index contributed by atoms with van der Waals surface area (Å²) in [6.07, 6.45) is 2.15. The van der Waals surface area contributed by atoms with Crippen LogP contribution in [0, 0.1) is 6.92 Å². The Hall–Kier alpha value is -2.08. The second kappa shape index (κ2) is 7.08. The number of aryl methyl sites for hydroxylation is 1. The number of nitrogens with one attached hydrogen (secondary N) is 3. The quantitative estimate of drug-likeness (QED) is 0.796. The van der Waals surface area contributed by atoms with Gasteiger partial charge in [-0.25, -0.2) is 4.79 Å². The highest BCUT2D eigenvalue weighted by Gasteiger charge is 2.16. The van der Waals surface area contributed by atoms with Crippen molar-refractivity contribution < 1.29 is 14.3 Å². The van der Waals surface area contributed by atoms with Crippen molar-refractivity contribution in [3.8, 4) is 0 Å². The second-order valence-corrected chi connectivity index (χ2v) is 5.18. The zero-order chi connectivity index (χ0) is 15.2. The van der Waals surface area contributed by atoms with Gasteiger partial charge < -0.3 is 20.7 Å². The number of amides is 3. The van der Waals surface area contributed by atoms with E-state index >= 15 is 0 Å². The smallest absolute Gasteiger partial charge is 0.319 e. The molecule has 1 atom stereocenters. The van der Waals surface area contributed by atoms with Crippen LogP contribution in [0.3, 0.4) is 0 Å². The van der Waals surface area contributed by atoms with E-state index in [-0.39, 0.29) is 18.0 Å². The van der Waals surface area contributed by atoms with Crippen LogP contribution in [0.25, 0.3) is 0 Å². The van der Waals surface area contributed by atoms with Crippen molar-refractivity contribution in [2.45, 2.75) is 32.8 Å². The predicted octanol–water partition coefficient (Wildman–Crippen LogP) is 2.25. The molecule has 21 heavy (non-hydrogen) atoms. The predicted molar refractivity (Wildman–Crippen MR) is 81.5 cm³/mol. The summed E-state index contributed by atoms with van der Waals surface area (Å²) in [6, 6.07) is 5.11. The number of hydrogen-bond acceptors (Lipinski definition) is 3. The molecule has 114 valence electrons. The molecule has 1 heterocycles. The van der Waals surface area contributed by atoms with E-state index in [0.29, 0.717) is 17.9 Å². The van der Waals surface area contributed by atoms with Gasteiger partial charge in [-0.2, -0.15) is 0 Å². The Bertz CT molecular complexity index is 525. The largest absolute Gasteiger partial charge is 0.376 e. The van der Waals surface area contributed by atoms with Gasteiger partial charge in [-0.1, -0.05) is 6.07 Å². The van der Waals surface area contributed by atoms with Crippen LogP contribution in [0.2, 0.25) is 0 Å². The Labute approximate surface area is 124 Å². The van der Waals surface area contributed by atoms with Crippen molar-refractivity contribution in [1.29, 1.82) is 0 Å². The molecule has 2 rings (SSSR count). The van der Waals surface area contributed by atoms with Crippen molar-refractivity contribution in [3.63, 3.8) is 0 Å². The van der Waals surface area contributed by atoms with E-state index in [1.54, 1.807) is 12.1 Å². The lowest BCUT2D eigenvalue weighted by Crippen LogP contribution is -2.35. The first-order valence-corrected chi connectivity index (χ1v) is 7.09. The van der Waals surface area contributed by atoms with Crippen molar-refractivity contribution in [2.75, 3.05) is 23.8 Å². The Morgan fingerprint density at radius 2 is 2.14 bits per heavy atom. The standard InChI is InChI=1S/C15H21N3O3/c1-10-5-6-12(8-14(10)17-11(2)19)18-15(20)16-9-13-4-3-7-21-13/h5-6,8,13H,3-4,7,9H2,1-2H3,(H,17,19)(H2,16,18,20). The van der Waals surface area contributed by atoms with Crippen molar-refractivity contribution in [2.24, 2.45) is 0 Å². The SMILES string of the molecule is CC(=O)Nc1cc(NC(=O)NCC2CCCO2)ccc1C. The van der Waals surface area contributed by atoms with Gasteiger partial charge in [-0.05, 0) is 37.5 Å². The molecule has 6 nitrogen and oxygen atoms in total. The normalized spacial score (nSPS) is 17.3. The van der Waals surface area contributed by atoms with Crippen LogP contribution in [0.15, 0.2) is 18.2 Å². The maximum Gasteiger partial charge on any atom is 0.319 e. The van der Waals surface area contributed by atoms with E-state index in [9.17, 15) is 9.59 Å². The fraction of sp³-hybridized carbons (Fsp3) is 0.467. The maximum absolute atomic E-state index is 11.8. The summed E-state index contributed by atoms with van der Waals surface area (Å²) in [7, 11) is 0. The van der Waals surface area contributed by atoms with Gasteiger partial charge in [0.15, 0.2) is 0 Å². The molecule has 1 aliphatic heterocycles. The topological polar surface area (TPSA) is 79.5 Å². The van der Waals surface area contributed by atoms with Gasteiger partial charge in [0.25, 0.3) is 0 Å². The molecule has 1 unspecified atom stereocenters. The third kappa shape index (κ3) is 4.75. The van der Waals surface area contributed by atoms with Crippen LogP contribution >= 0.6 is 0 Å². The highest BCUT2D eigenvalue weighted by molar-refractivity contribution is 5.93. The number of carbonyl (C=O) groups is 2. The minimum absolute atomic E-state index is 0.115. The Morgan fingerprint density at radius 1 is 1.33 bits per heavy atom. The molecule has 0 radical (unpaired) electrons. The third-order valence-corrected chi connectivity index (χ3v) is 3.32. The molecule has 3 amide bonds. The van der Waals surface area contributed by atoms with E-state index in [1.165, 1.54) is 6.92 Å². The molecule has 1 aromatic rings. The fourth-order valence-corrected chi connectivity index (χ4v) is 2.21. The molecule has 1 aliphatic rings. The number of ether oxygens (including phenoxy) is 1. The van der Waals surface area contributed by atoms with Gasteiger partial charge in [0, 0.05) is 31.5 Å². The summed E-state index contributed by atoms with van der Waals surface area (Å²) < 4.78 is 5.44.